The third-order valence-corrected chi connectivity index (χ3v) is 16.4. The van der Waals surface area contributed by atoms with Crippen LogP contribution in [0.4, 0.5) is 5.82 Å². The largest absolute Gasteiger partial charge is 0.466 e. The molecule has 5 aromatic rings. The SMILES string of the molecule is [C-]#[N+]c1c(-c2c(Cl)ccc3c(CCCOC(C)=O)c(C(=O)OC)n(C)c23)c(CSC/C(N)=C/C(CO[Si](c2ccccc2)(c2ccccc2)C(C)(C)C)=NC)nn1C. The number of thioether (sulfide) groups is 1. The van der Waals surface area contributed by atoms with Crippen LogP contribution in [0.3, 0.4) is 0 Å². The molecule has 2 aromatic heterocycles. The summed E-state index contributed by atoms with van der Waals surface area (Å²) in [6, 6.07) is 24.6. The van der Waals surface area contributed by atoms with Crippen LogP contribution < -0.4 is 16.1 Å². The zero-order valence-corrected chi connectivity index (χ0v) is 37.0. The molecular weight excluding hydrogens is 788 g/mol. The number of methoxy groups -OCH3 is 1. The number of ether oxygens (including phenoxy) is 2. The molecule has 0 radical (unpaired) electrons. The summed E-state index contributed by atoms with van der Waals surface area (Å²) in [4.78, 5) is 33.1. The smallest absolute Gasteiger partial charge is 0.354 e. The lowest BCUT2D eigenvalue weighted by Crippen LogP contribution is -2.67. The van der Waals surface area contributed by atoms with Crippen LogP contribution >= 0.6 is 23.4 Å². The average Bonchev–Trinajstić information content (AvgIpc) is 3.67. The number of fused-ring (bicyclic) bond motifs is 1. The highest BCUT2D eigenvalue weighted by Gasteiger charge is 2.50. The van der Waals surface area contributed by atoms with E-state index in [2.05, 4.69) is 79.1 Å². The van der Waals surface area contributed by atoms with Gasteiger partial charge in [0.1, 0.15) is 5.69 Å². The molecule has 11 nitrogen and oxygen atoms in total. The number of carbonyl (C=O) groups is 2. The summed E-state index contributed by atoms with van der Waals surface area (Å²) in [6.45, 7) is 16.7. The second-order valence-electron chi connectivity index (χ2n) is 14.9. The zero-order valence-electron chi connectivity index (χ0n) is 34.4. The summed E-state index contributed by atoms with van der Waals surface area (Å²) in [5, 5.41) is 8.15. The number of aromatic nitrogens is 3. The predicted molar refractivity (Wildman–Crippen MR) is 238 cm³/mol. The maximum Gasteiger partial charge on any atom is 0.354 e. The minimum atomic E-state index is -2.79. The van der Waals surface area contributed by atoms with Gasteiger partial charge in [0, 0.05) is 59.8 Å². The minimum Gasteiger partial charge on any atom is -0.466 e. The van der Waals surface area contributed by atoms with Gasteiger partial charge in [-0.25, -0.2) is 9.48 Å². The van der Waals surface area contributed by atoms with Crippen molar-refractivity contribution in [1.29, 1.82) is 0 Å². The zero-order chi connectivity index (χ0) is 42.2. The summed E-state index contributed by atoms with van der Waals surface area (Å²) < 4.78 is 20.8. The quantitative estimate of drug-likeness (QED) is 0.0351. The molecule has 0 fully saturated rings. The molecule has 0 saturated carbocycles. The first-order valence-electron chi connectivity index (χ1n) is 18.9. The molecule has 58 heavy (non-hydrogen) atoms. The molecule has 5 rings (SSSR count). The van der Waals surface area contributed by atoms with E-state index in [4.69, 9.17) is 42.9 Å². The molecule has 3 aromatic carbocycles. The van der Waals surface area contributed by atoms with E-state index in [1.807, 2.05) is 24.3 Å². The summed E-state index contributed by atoms with van der Waals surface area (Å²) >= 11 is 8.55. The van der Waals surface area contributed by atoms with Gasteiger partial charge in [0.15, 0.2) is 0 Å². The molecule has 0 aliphatic carbocycles. The topological polar surface area (TPSA) is 127 Å². The van der Waals surface area contributed by atoms with Crippen molar-refractivity contribution in [2.24, 2.45) is 24.8 Å². The number of aliphatic imine (C=N–C) groups is 1. The van der Waals surface area contributed by atoms with E-state index in [0.717, 1.165) is 16.7 Å². The lowest BCUT2D eigenvalue weighted by atomic mass is 9.99. The predicted octanol–water partition coefficient (Wildman–Crippen LogP) is 7.79. The first-order valence-corrected chi connectivity index (χ1v) is 22.3. The molecule has 304 valence electrons. The molecule has 2 N–H and O–H groups in total. The van der Waals surface area contributed by atoms with E-state index in [1.54, 1.807) is 48.2 Å². The number of hydrogen-bond acceptors (Lipinski definition) is 9. The fourth-order valence-corrected chi connectivity index (χ4v) is 13.2. The Kier molecular flexibility index (Phi) is 14.5. The third-order valence-electron chi connectivity index (χ3n) is 10.1. The van der Waals surface area contributed by atoms with Crippen molar-refractivity contribution in [2.75, 3.05) is 33.1 Å². The van der Waals surface area contributed by atoms with Crippen LogP contribution in [0.2, 0.25) is 10.1 Å². The van der Waals surface area contributed by atoms with E-state index in [0.29, 0.717) is 68.9 Å². The number of halogens is 1. The van der Waals surface area contributed by atoms with Crippen molar-refractivity contribution in [3.8, 4) is 11.1 Å². The number of benzene rings is 3. The van der Waals surface area contributed by atoms with Crippen LogP contribution in [0.25, 0.3) is 26.9 Å². The highest BCUT2D eigenvalue weighted by molar-refractivity contribution is 7.98. The molecule has 14 heteroatoms. The fourth-order valence-electron chi connectivity index (χ4n) is 7.60. The van der Waals surface area contributed by atoms with Crippen molar-refractivity contribution < 1.29 is 23.5 Å². The second-order valence-corrected chi connectivity index (χ2v) is 20.6. The van der Waals surface area contributed by atoms with E-state index < -0.39 is 14.3 Å². The second kappa shape index (κ2) is 19.1. The van der Waals surface area contributed by atoms with Crippen LogP contribution in [-0.2, 0) is 45.0 Å². The summed E-state index contributed by atoms with van der Waals surface area (Å²) in [5.74, 6) is 0.311. The highest BCUT2D eigenvalue weighted by Crippen LogP contribution is 2.45. The average molecular weight is 840 g/mol. The molecule has 0 aliphatic heterocycles. The Bertz CT molecular complexity index is 2340. The van der Waals surface area contributed by atoms with Crippen LogP contribution in [0, 0.1) is 6.57 Å². The Morgan fingerprint density at radius 1 is 1.03 bits per heavy atom. The third kappa shape index (κ3) is 9.10. The van der Waals surface area contributed by atoms with Crippen molar-refractivity contribution >= 4 is 76.4 Å². The van der Waals surface area contributed by atoms with Gasteiger partial charge in [-0.15, -0.1) is 16.9 Å². The Morgan fingerprint density at radius 3 is 2.22 bits per heavy atom. The minimum absolute atomic E-state index is 0.190. The van der Waals surface area contributed by atoms with Gasteiger partial charge >= 0.3 is 11.9 Å². The van der Waals surface area contributed by atoms with Gasteiger partial charge < -0.3 is 29.0 Å². The number of rotatable bonds is 16. The molecule has 0 bridgehead atoms. The van der Waals surface area contributed by atoms with Gasteiger partial charge in [0.2, 0.25) is 0 Å². The van der Waals surface area contributed by atoms with Gasteiger partial charge in [-0.3, -0.25) is 9.79 Å². The molecule has 0 saturated heterocycles. The van der Waals surface area contributed by atoms with E-state index in [-0.39, 0.29) is 24.2 Å². The van der Waals surface area contributed by atoms with Crippen LogP contribution in [0.5, 0.6) is 0 Å². The van der Waals surface area contributed by atoms with E-state index in [9.17, 15) is 9.59 Å². The summed E-state index contributed by atoms with van der Waals surface area (Å²) in [7, 11) is 3.80. The molecule has 2 heterocycles. The van der Waals surface area contributed by atoms with Gasteiger partial charge in [0.05, 0.1) is 44.3 Å². The van der Waals surface area contributed by atoms with E-state index >= 15 is 0 Å². The van der Waals surface area contributed by atoms with E-state index in [1.165, 1.54) is 24.4 Å². The Balaban J connectivity index is 1.43. The van der Waals surface area contributed by atoms with Crippen LogP contribution in [0.15, 0.2) is 89.6 Å². The van der Waals surface area contributed by atoms with Crippen molar-refractivity contribution in [3.63, 3.8) is 0 Å². The summed E-state index contributed by atoms with van der Waals surface area (Å²) in [5.41, 5.74) is 11.6. The number of nitrogens with zero attached hydrogens (tertiary/aromatic N) is 5. The number of aryl methyl sites for hydroxylation is 3. The molecule has 0 unspecified atom stereocenters. The summed E-state index contributed by atoms with van der Waals surface area (Å²) in [6.07, 6.45) is 2.82. The standard InChI is InChI=1S/C44H51ClN6O5SSi/c1-29(52)55-24-16-21-34-35-22-23-36(45)38(40(35)50(7)41(34)43(53)54-9)39-37(49-51(8)42(39)48-6)28-57-27-30(46)25-31(47-5)26-56-58(44(2,3)4,32-17-12-10-13-18-32)33-19-14-11-15-20-33/h10-15,17-20,22-23,25H,16,21,24,26-28,46H2,1-5,7-9H3/b30-25-,47-31?. The number of esters is 2. The Hall–Kier alpha value is -5.13. The molecule has 0 atom stereocenters. The Labute approximate surface area is 351 Å². The number of nitrogens with two attached hydrogens (primary N) is 1. The molecule has 0 aliphatic rings. The van der Waals surface area contributed by atoms with Gasteiger partial charge in [-0.2, -0.15) is 0 Å². The van der Waals surface area contributed by atoms with Gasteiger partial charge in [0.25, 0.3) is 14.1 Å². The molecular formula is C44H51ClN6O5SSi. The van der Waals surface area contributed by atoms with Crippen molar-refractivity contribution in [2.45, 2.75) is 51.3 Å². The molecule has 0 spiro atoms. The van der Waals surface area contributed by atoms with Crippen molar-refractivity contribution in [1.82, 2.24) is 14.3 Å². The highest BCUT2D eigenvalue weighted by atomic mass is 35.5. The van der Waals surface area contributed by atoms with Crippen LogP contribution in [0.1, 0.15) is 55.9 Å². The first-order chi connectivity index (χ1) is 27.7. The lowest BCUT2D eigenvalue weighted by Gasteiger charge is -2.43. The fraction of sp³-hybridized carbons (Fsp3) is 0.341. The number of carbonyl (C=O) groups excluding carboxylic acids is 2. The number of hydrogen-bond donors (Lipinski definition) is 1. The maximum atomic E-state index is 13.2. The van der Waals surface area contributed by atoms with Gasteiger partial charge in [-0.1, -0.05) is 106 Å². The van der Waals surface area contributed by atoms with Crippen LogP contribution in [-0.4, -0.2) is 73.4 Å². The van der Waals surface area contributed by atoms with Gasteiger partial charge in [-0.05, 0) is 46.0 Å². The van der Waals surface area contributed by atoms with Crippen molar-refractivity contribution in [3.05, 3.63) is 118 Å². The molecule has 0 amide bonds. The monoisotopic (exact) mass is 838 g/mol. The lowest BCUT2D eigenvalue weighted by molar-refractivity contribution is -0.141. The first kappa shape index (κ1) is 44.0. The Morgan fingerprint density at radius 2 is 1.67 bits per heavy atom. The normalized spacial score (nSPS) is 12.5. The maximum absolute atomic E-state index is 13.2.